The molecule has 0 bridgehead atoms. The minimum absolute atomic E-state index is 0.922. The molecule has 5 heteroatoms. The molecule has 6 aromatic carbocycles. The van der Waals surface area contributed by atoms with E-state index in [2.05, 4.69) is 159 Å². The van der Waals surface area contributed by atoms with Gasteiger partial charge in [-0.3, -0.25) is 12.9 Å². The van der Waals surface area contributed by atoms with E-state index in [1.54, 1.807) is 11.9 Å². The summed E-state index contributed by atoms with van der Waals surface area (Å²) in [5.74, 6) is 0.922. The summed E-state index contributed by atoms with van der Waals surface area (Å²) in [6.45, 7) is 2.13. The van der Waals surface area contributed by atoms with Crippen LogP contribution in [0.4, 0.5) is 0 Å². The third kappa shape index (κ3) is 3.75. The zero-order valence-corrected chi connectivity index (χ0v) is 24.3. The van der Waals surface area contributed by atoms with Gasteiger partial charge in [-0.25, -0.2) is 4.98 Å². The first-order chi connectivity index (χ1) is 21.2. The highest BCUT2D eigenvalue weighted by molar-refractivity contribution is 7.98. The lowest BCUT2D eigenvalue weighted by Crippen LogP contribution is -1.94. The Kier molecular flexibility index (Phi) is 5.31. The minimum atomic E-state index is 0.922. The average molecular weight is 571 g/mol. The van der Waals surface area contributed by atoms with E-state index in [-0.39, 0.29) is 0 Å². The number of nitrogens with zero attached hydrogens (tertiary/aromatic N) is 4. The Hall–Kier alpha value is -5.26. The number of hydrogen-bond donors (Lipinski definition) is 0. The zero-order chi connectivity index (χ0) is 28.5. The topological polar surface area (TPSA) is 27.2 Å². The summed E-state index contributed by atoms with van der Waals surface area (Å²) >= 11 is 1.77. The lowest BCUT2D eigenvalue weighted by molar-refractivity contribution is 1.11. The molecule has 0 amide bonds. The van der Waals surface area contributed by atoms with Crippen LogP contribution in [0.15, 0.2) is 144 Å². The van der Waals surface area contributed by atoms with Crippen LogP contribution in [0.1, 0.15) is 5.56 Å². The van der Waals surface area contributed by atoms with Crippen LogP contribution in [0, 0.1) is 6.92 Å². The van der Waals surface area contributed by atoms with Crippen molar-refractivity contribution in [1.82, 2.24) is 17.9 Å². The smallest absolute Gasteiger partial charge is 0.220 e. The number of fused-ring (bicyclic) bond motifs is 8. The molecule has 4 nitrogen and oxygen atoms in total. The minimum Gasteiger partial charge on any atom is -0.279 e. The molecule has 43 heavy (non-hydrogen) atoms. The van der Waals surface area contributed by atoms with Crippen LogP contribution < -0.4 is 0 Å². The number of hydrogen-bond acceptors (Lipinski definition) is 2. The normalized spacial score (nSPS) is 11.9. The van der Waals surface area contributed by atoms with Crippen molar-refractivity contribution < 1.29 is 0 Å². The number of benzene rings is 6. The first kappa shape index (κ1) is 24.3. The largest absolute Gasteiger partial charge is 0.279 e. The van der Waals surface area contributed by atoms with Gasteiger partial charge in [-0.15, -0.1) is 0 Å². The number of aromatic nitrogens is 4. The highest BCUT2D eigenvalue weighted by Crippen LogP contribution is 2.38. The summed E-state index contributed by atoms with van der Waals surface area (Å²) < 4.78 is 6.92. The predicted octanol–water partition coefficient (Wildman–Crippen LogP) is 10.1. The maximum absolute atomic E-state index is 5.07. The van der Waals surface area contributed by atoms with Crippen molar-refractivity contribution >= 4 is 61.6 Å². The van der Waals surface area contributed by atoms with Crippen LogP contribution in [-0.4, -0.2) is 17.9 Å². The van der Waals surface area contributed by atoms with Gasteiger partial charge in [0.15, 0.2) is 0 Å². The van der Waals surface area contributed by atoms with E-state index in [1.807, 2.05) is 0 Å². The van der Waals surface area contributed by atoms with E-state index in [0.717, 1.165) is 33.5 Å². The van der Waals surface area contributed by atoms with Gasteiger partial charge in [0.05, 0.1) is 33.1 Å². The molecular weight excluding hydrogens is 545 g/mol. The Labute approximate surface area is 252 Å². The molecular formula is C38H26N4S. The Balaban J connectivity index is 1.25. The molecule has 3 heterocycles. The highest BCUT2D eigenvalue weighted by atomic mass is 32.2. The van der Waals surface area contributed by atoms with Crippen molar-refractivity contribution in [3.05, 3.63) is 145 Å². The van der Waals surface area contributed by atoms with E-state index < -0.39 is 0 Å². The third-order valence-corrected chi connectivity index (χ3v) is 9.45. The molecule has 9 aromatic rings. The molecule has 9 rings (SSSR count). The molecule has 0 saturated carbocycles. The van der Waals surface area contributed by atoms with Gasteiger partial charge < -0.3 is 0 Å². The van der Waals surface area contributed by atoms with E-state index in [4.69, 9.17) is 4.98 Å². The molecule has 0 unspecified atom stereocenters. The maximum atomic E-state index is 5.07. The lowest BCUT2D eigenvalue weighted by Gasteiger charge is -2.08. The molecule has 0 atom stereocenters. The van der Waals surface area contributed by atoms with Gasteiger partial charge in [0, 0.05) is 21.4 Å². The fourth-order valence-corrected chi connectivity index (χ4v) is 7.31. The molecule has 0 N–H and O–H groups in total. The van der Waals surface area contributed by atoms with Crippen LogP contribution in [0.2, 0.25) is 0 Å². The second-order valence-corrected chi connectivity index (χ2v) is 12.1. The standard InChI is InChI=1S/C38H26N4S/c1-25-15-19-29(20-16-25)43-42-33-13-7-5-11-30(33)31-23-26(17-21-34(31)42)27-18-22-36-37(24-27)41-35-14-8-6-12-32(35)39-38(41)40(36)28-9-3-2-4-10-28/h2-24H,1H3. The molecule has 0 spiro atoms. The zero-order valence-electron chi connectivity index (χ0n) is 23.5. The predicted molar refractivity (Wildman–Crippen MR) is 180 cm³/mol. The van der Waals surface area contributed by atoms with Gasteiger partial charge in [-0.05, 0) is 96.7 Å². The average Bonchev–Trinajstić information content (AvgIpc) is 3.69. The molecule has 3 aromatic heterocycles. The molecule has 0 aliphatic rings. The van der Waals surface area contributed by atoms with Crippen molar-refractivity contribution in [2.24, 2.45) is 0 Å². The van der Waals surface area contributed by atoms with Crippen molar-refractivity contribution in [1.29, 1.82) is 0 Å². The van der Waals surface area contributed by atoms with E-state index >= 15 is 0 Å². The number of rotatable bonds is 4. The molecule has 204 valence electrons. The van der Waals surface area contributed by atoms with Gasteiger partial charge >= 0.3 is 0 Å². The molecule has 0 aliphatic carbocycles. The SMILES string of the molecule is Cc1ccc(Sn2c3ccccc3c3cc(-c4ccc5c(c4)n4c6ccccc6nc4n5-c4ccccc4)ccc32)cc1. The summed E-state index contributed by atoms with van der Waals surface area (Å²) in [5, 5.41) is 2.52. The summed E-state index contributed by atoms with van der Waals surface area (Å²) in [7, 11) is 0. The summed E-state index contributed by atoms with van der Waals surface area (Å²) in [5.41, 5.74) is 11.6. The molecule has 0 fully saturated rings. The number of aryl methyl sites for hydroxylation is 1. The van der Waals surface area contributed by atoms with Crippen LogP contribution in [-0.2, 0) is 0 Å². The van der Waals surface area contributed by atoms with Gasteiger partial charge in [-0.2, -0.15) is 0 Å². The fraction of sp³-hybridized carbons (Fsp3) is 0.0263. The van der Waals surface area contributed by atoms with Crippen molar-refractivity contribution in [3.63, 3.8) is 0 Å². The quantitative estimate of drug-likeness (QED) is 0.211. The molecule has 0 saturated heterocycles. The Morgan fingerprint density at radius 3 is 2.05 bits per heavy atom. The summed E-state index contributed by atoms with van der Waals surface area (Å²) in [4.78, 5) is 6.29. The van der Waals surface area contributed by atoms with Gasteiger partial charge in [0.2, 0.25) is 5.78 Å². The lowest BCUT2D eigenvalue weighted by atomic mass is 10.0. The van der Waals surface area contributed by atoms with E-state index in [1.165, 1.54) is 43.4 Å². The van der Waals surface area contributed by atoms with Crippen LogP contribution >= 0.6 is 11.9 Å². The third-order valence-electron chi connectivity index (χ3n) is 8.39. The van der Waals surface area contributed by atoms with Gasteiger partial charge in [0.25, 0.3) is 0 Å². The van der Waals surface area contributed by atoms with E-state index in [0.29, 0.717) is 0 Å². The second-order valence-electron chi connectivity index (χ2n) is 11.1. The number of imidazole rings is 2. The molecule has 0 aliphatic heterocycles. The van der Waals surface area contributed by atoms with E-state index in [9.17, 15) is 0 Å². The van der Waals surface area contributed by atoms with Crippen molar-refractivity contribution in [3.8, 4) is 16.8 Å². The first-order valence-electron chi connectivity index (χ1n) is 14.5. The highest BCUT2D eigenvalue weighted by Gasteiger charge is 2.18. The van der Waals surface area contributed by atoms with Crippen LogP contribution in [0.5, 0.6) is 0 Å². The van der Waals surface area contributed by atoms with Gasteiger partial charge in [0.1, 0.15) is 0 Å². The van der Waals surface area contributed by atoms with Crippen molar-refractivity contribution in [2.45, 2.75) is 11.8 Å². The first-order valence-corrected chi connectivity index (χ1v) is 15.3. The Bertz CT molecular complexity index is 2480. The monoisotopic (exact) mass is 570 g/mol. The Morgan fingerprint density at radius 2 is 1.21 bits per heavy atom. The van der Waals surface area contributed by atoms with Gasteiger partial charge in [-0.1, -0.05) is 78.4 Å². The summed E-state index contributed by atoms with van der Waals surface area (Å²) in [6, 6.07) is 50.0. The second kappa shape index (κ2) is 9.38. The van der Waals surface area contributed by atoms with Crippen LogP contribution in [0.3, 0.4) is 0 Å². The Morgan fingerprint density at radius 1 is 0.535 bits per heavy atom. The van der Waals surface area contributed by atoms with Crippen molar-refractivity contribution in [2.75, 3.05) is 0 Å². The maximum Gasteiger partial charge on any atom is 0.220 e. The summed E-state index contributed by atoms with van der Waals surface area (Å²) in [6.07, 6.45) is 0. The fourth-order valence-electron chi connectivity index (χ4n) is 6.33. The van der Waals surface area contributed by atoms with Crippen LogP contribution in [0.25, 0.3) is 66.5 Å². The number of para-hydroxylation sites is 4. The molecule has 0 radical (unpaired) electrons.